The van der Waals surface area contributed by atoms with Crippen LogP contribution in [0.15, 0.2) is 53.1 Å². The molecule has 0 saturated carbocycles. The average Bonchev–Trinajstić information content (AvgIpc) is 2.37. The Bertz CT molecular complexity index is 660. The Kier molecular flexibility index (Phi) is 5.17. The molecule has 2 aromatic carbocycles. The summed E-state index contributed by atoms with van der Waals surface area (Å²) in [6.07, 6.45) is 3.46. The van der Waals surface area contributed by atoms with Crippen molar-refractivity contribution < 1.29 is 4.79 Å². The second-order valence-electron chi connectivity index (χ2n) is 4.86. The summed E-state index contributed by atoms with van der Waals surface area (Å²) in [6, 6.07) is 13.5. The van der Waals surface area contributed by atoms with Crippen LogP contribution < -0.4 is 10.6 Å². The molecule has 108 valence electrons. The van der Waals surface area contributed by atoms with Gasteiger partial charge >= 0.3 is 6.03 Å². The van der Waals surface area contributed by atoms with Gasteiger partial charge in [0.2, 0.25) is 0 Å². The average molecular weight is 345 g/mol. The summed E-state index contributed by atoms with van der Waals surface area (Å²) in [7, 11) is 0. The Morgan fingerprint density at radius 1 is 1.10 bits per heavy atom. The molecule has 3 nitrogen and oxygen atoms in total. The summed E-state index contributed by atoms with van der Waals surface area (Å²) >= 11 is 3.41. The fraction of sp³-hybridized carbons (Fsp3) is 0.118. The van der Waals surface area contributed by atoms with Gasteiger partial charge in [0.25, 0.3) is 0 Å². The normalized spacial score (nSPS) is 10.6. The van der Waals surface area contributed by atoms with Gasteiger partial charge in [0, 0.05) is 16.4 Å². The van der Waals surface area contributed by atoms with Gasteiger partial charge in [-0.05, 0) is 60.9 Å². The topological polar surface area (TPSA) is 41.1 Å². The SMILES string of the molecule is Cc1cc(C)cc(NC(=O)N/C=C/c2cccc(Br)c2)c1. The zero-order valence-corrected chi connectivity index (χ0v) is 13.6. The molecule has 4 heteroatoms. The van der Waals surface area contributed by atoms with E-state index in [2.05, 4.69) is 32.6 Å². The van der Waals surface area contributed by atoms with E-state index in [1.807, 2.05) is 56.3 Å². The fourth-order valence-corrected chi connectivity index (χ4v) is 2.45. The van der Waals surface area contributed by atoms with E-state index in [9.17, 15) is 4.79 Å². The molecule has 0 heterocycles. The number of carbonyl (C=O) groups excluding carboxylic acids is 1. The number of rotatable bonds is 3. The summed E-state index contributed by atoms with van der Waals surface area (Å²) in [5.41, 5.74) is 4.04. The van der Waals surface area contributed by atoms with Gasteiger partial charge in [-0.15, -0.1) is 0 Å². The van der Waals surface area contributed by atoms with Crippen LogP contribution in [-0.4, -0.2) is 6.03 Å². The minimum Gasteiger partial charge on any atom is -0.314 e. The van der Waals surface area contributed by atoms with Gasteiger partial charge in [-0.3, -0.25) is 0 Å². The van der Waals surface area contributed by atoms with Crippen LogP contribution in [0.3, 0.4) is 0 Å². The maximum absolute atomic E-state index is 11.8. The van der Waals surface area contributed by atoms with Gasteiger partial charge in [-0.2, -0.15) is 0 Å². The number of urea groups is 1. The van der Waals surface area contributed by atoms with Crippen molar-refractivity contribution in [1.29, 1.82) is 0 Å². The molecule has 0 aliphatic heterocycles. The first-order valence-corrected chi connectivity index (χ1v) is 7.40. The highest BCUT2D eigenvalue weighted by atomic mass is 79.9. The number of hydrogen-bond acceptors (Lipinski definition) is 1. The van der Waals surface area contributed by atoms with Crippen LogP contribution in [0.1, 0.15) is 16.7 Å². The number of carbonyl (C=O) groups is 1. The van der Waals surface area contributed by atoms with E-state index < -0.39 is 0 Å². The van der Waals surface area contributed by atoms with E-state index in [-0.39, 0.29) is 6.03 Å². The number of hydrogen-bond donors (Lipinski definition) is 2. The van der Waals surface area contributed by atoms with E-state index >= 15 is 0 Å². The molecule has 0 aromatic heterocycles. The zero-order chi connectivity index (χ0) is 15.2. The van der Waals surface area contributed by atoms with Crippen LogP contribution in [0.5, 0.6) is 0 Å². The van der Waals surface area contributed by atoms with Gasteiger partial charge in [-0.1, -0.05) is 34.1 Å². The third-order valence-electron chi connectivity index (χ3n) is 2.82. The number of amides is 2. The van der Waals surface area contributed by atoms with Crippen LogP contribution in [0, 0.1) is 13.8 Å². The van der Waals surface area contributed by atoms with Crippen molar-refractivity contribution in [2.45, 2.75) is 13.8 Å². The molecule has 2 rings (SSSR count). The molecule has 0 spiro atoms. The van der Waals surface area contributed by atoms with Crippen molar-refractivity contribution in [2.75, 3.05) is 5.32 Å². The number of aryl methyl sites for hydroxylation is 2. The highest BCUT2D eigenvalue weighted by molar-refractivity contribution is 9.10. The third kappa shape index (κ3) is 5.08. The molecule has 2 aromatic rings. The van der Waals surface area contributed by atoms with Crippen molar-refractivity contribution in [3.05, 3.63) is 69.8 Å². The summed E-state index contributed by atoms with van der Waals surface area (Å²) in [6.45, 7) is 4.01. The fourth-order valence-electron chi connectivity index (χ4n) is 2.04. The molecule has 0 unspecified atom stereocenters. The van der Waals surface area contributed by atoms with Crippen LogP contribution >= 0.6 is 15.9 Å². The van der Waals surface area contributed by atoms with Gasteiger partial charge in [-0.25, -0.2) is 4.79 Å². The molecule has 0 aliphatic rings. The van der Waals surface area contributed by atoms with E-state index in [0.29, 0.717) is 0 Å². The van der Waals surface area contributed by atoms with E-state index in [1.165, 1.54) is 0 Å². The van der Waals surface area contributed by atoms with E-state index in [1.54, 1.807) is 6.20 Å². The lowest BCUT2D eigenvalue weighted by Crippen LogP contribution is -2.23. The molecule has 0 atom stereocenters. The van der Waals surface area contributed by atoms with E-state index in [4.69, 9.17) is 0 Å². The molecule has 0 bridgehead atoms. The second-order valence-corrected chi connectivity index (χ2v) is 5.78. The monoisotopic (exact) mass is 344 g/mol. The Morgan fingerprint density at radius 2 is 1.81 bits per heavy atom. The van der Waals surface area contributed by atoms with Crippen molar-refractivity contribution in [2.24, 2.45) is 0 Å². The largest absolute Gasteiger partial charge is 0.323 e. The first-order chi connectivity index (χ1) is 10.0. The minimum absolute atomic E-state index is 0.258. The van der Waals surface area contributed by atoms with E-state index in [0.717, 1.165) is 26.9 Å². The number of nitrogens with one attached hydrogen (secondary N) is 2. The van der Waals surface area contributed by atoms with Crippen LogP contribution in [0.4, 0.5) is 10.5 Å². The Labute approximate surface area is 133 Å². The first-order valence-electron chi connectivity index (χ1n) is 6.61. The summed E-state index contributed by atoms with van der Waals surface area (Å²) in [4.78, 5) is 11.8. The molecule has 0 aliphatic carbocycles. The molecule has 2 amide bonds. The quantitative estimate of drug-likeness (QED) is 0.820. The highest BCUT2D eigenvalue weighted by Gasteiger charge is 2.00. The zero-order valence-electron chi connectivity index (χ0n) is 12.0. The smallest absolute Gasteiger partial charge is 0.314 e. The lowest BCUT2D eigenvalue weighted by Gasteiger charge is -2.07. The molecule has 21 heavy (non-hydrogen) atoms. The van der Waals surface area contributed by atoms with Gasteiger partial charge in [0.1, 0.15) is 0 Å². The second kappa shape index (κ2) is 7.09. The molecule has 0 radical (unpaired) electrons. The van der Waals surface area contributed by atoms with Crippen LogP contribution in [0.25, 0.3) is 6.08 Å². The third-order valence-corrected chi connectivity index (χ3v) is 3.31. The van der Waals surface area contributed by atoms with Gasteiger partial charge < -0.3 is 10.6 Å². The van der Waals surface area contributed by atoms with Crippen molar-refractivity contribution in [1.82, 2.24) is 5.32 Å². The van der Waals surface area contributed by atoms with Crippen molar-refractivity contribution in [3.63, 3.8) is 0 Å². The predicted octanol–water partition coefficient (Wildman–Crippen LogP) is 4.86. The van der Waals surface area contributed by atoms with Crippen molar-refractivity contribution >= 4 is 33.7 Å². The van der Waals surface area contributed by atoms with Gasteiger partial charge in [0.15, 0.2) is 0 Å². The summed E-state index contributed by atoms with van der Waals surface area (Å²) in [5, 5.41) is 5.50. The van der Waals surface area contributed by atoms with Crippen LogP contribution in [0.2, 0.25) is 0 Å². The maximum Gasteiger partial charge on any atom is 0.323 e. The minimum atomic E-state index is -0.258. The maximum atomic E-state index is 11.8. The highest BCUT2D eigenvalue weighted by Crippen LogP contribution is 2.14. The molecular formula is C17H17BrN2O. The predicted molar refractivity (Wildman–Crippen MR) is 91.2 cm³/mol. The molecular weight excluding hydrogens is 328 g/mol. The summed E-state index contributed by atoms with van der Waals surface area (Å²) < 4.78 is 1.00. The number of halogens is 1. The Hall–Kier alpha value is -2.07. The standard InChI is InChI=1S/C17H17BrN2O/c1-12-8-13(2)10-16(9-12)20-17(21)19-7-6-14-4-3-5-15(18)11-14/h3-11H,1-2H3,(H2,19,20,21)/b7-6+. The first kappa shape index (κ1) is 15.3. The molecule has 0 saturated heterocycles. The Morgan fingerprint density at radius 3 is 2.48 bits per heavy atom. The Balaban J connectivity index is 1.93. The molecule has 2 N–H and O–H groups in total. The number of anilines is 1. The van der Waals surface area contributed by atoms with Crippen LogP contribution in [-0.2, 0) is 0 Å². The number of benzene rings is 2. The summed E-state index contributed by atoms with van der Waals surface area (Å²) in [5.74, 6) is 0. The lowest BCUT2D eigenvalue weighted by atomic mass is 10.1. The van der Waals surface area contributed by atoms with Gasteiger partial charge in [0.05, 0.1) is 0 Å². The van der Waals surface area contributed by atoms with Crippen molar-refractivity contribution in [3.8, 4) is 0 Å². The molecule has 0 fully saturated rings. The lowest BCUT2D eigenvalue weighted by molar-refractivity contribution is 0.255.